The highest BCUT2D eigenvalue weighted by atomic mass is 19.1. The van der Waals surface area contributed by atoms with E-state index < -0.39 is 6.17 Å². The zero-order valence-corrected chi connectivity index (χ0v) is 15.0. The number of nitrogens with zero attached hydrogens (tertiary/aromatic N) is 3. The first-order valence-electron chi connectivity index (χ1n) is 9.26. The number of alkyl halides is 1. The summed E-state index contributed by atoms with van der Waals surface area (Å²) < 4.78 is 13.5. The van der Waals surface area contributed by atoms with Crippen LogP contribution in [-0.4, -0.2) is 44.9 Å². The maximum absolute atomic E-state index is 13.5. The summed E-state index contributed by atoms with van der Waals surface area (Å²) in [6, 6.07) is 5.94. The Kier molecular flexibility index (Phi) is 6.33. The van der Waals surface area contributed by atoms with Gasteiger partial charge in [-0.2, -0.15) is 4.98 Å². The summed E-state index contributed by atoms with van der Waals surface area (Å²) in [6.45, 7) is 2.00. The molecule has 140 valence electrons. The quantitative estimate of drug-likeness (QED) is 0.703. The molecule has 0 aromatic carbocycles. The van der Waals surface area contributed by atoms with Crippen LogP contribution in [0.25, 0.3) is 11.3 Å². The van der Waals surface area contributed by atoms with Crippen molar-refractivity contribution in [1.82, 2.24) is 15.0 Å². The second-order valence-electron chi connectivity index (χ2n) is 6.71. The number of aliphatic hydroxyl groups excluding tert-OH is 1. The summed E-state index contributed by atoms with van der Waals surface area (Å²) >= 11 is 0. The van der Waals surface area contributed by atoms with Crippen molar-refractivity contribution in [2.45, 2.75) is 57.3 Å². The second-order valence-corrected chi connectivity index (χ2v) is 6.71. The van der Waals surface area contributed by atoms with Crippen molar-refractivity contribution >= 4 is 11.8 Å². The molecule has 0 spiro atoms. The fourth-order valence-electron chi connectivity index (χ4n) is 3.05. The number of halogens is 1. The summed E-state index contributed by atoms with van der Waals surface area (Å²) in [5.41, 5.74) is 1.60. The van der Waals surface area contributed by atoms with Crippen LogP contribution in [0.4, 0.5) is 16.2 Å². The molecule has 7 heteroatoms. The summed E-state index contributed by atoms with van der Waals surface area (Å²) in [5, 5.41) is 16.1. The van der Waals surface area contributed by atoms with Gasteiger partial charge in [0.05, 0.1) is 17.4 Å². The molecule has 1 atom stereocenters. The molecule has 1 aliphatic rings. The minimum atomic E-state index is -0.926. The number of rotatable bonds is 7. The van der Waals surface area contributed by atoms with Gasteiger partial charge in [-0.15, -0.1) is 0 Å². The van der Waals surface area contributed by atoms with E-state index in [2.05, 4.69) is 25.6 Å². The number of hydrogen-bond donors (Lipinski definition) is 3. The Labute approximate surface area is 153 Å². The fraction of sp³-hybridized carbons (Fsp3) is 0.526. The smallest absolute Gasteiger partial charge is 0.224 e. The average molecular weight is 359 g/mol. The number of anilines is 2. The lowest BCUT2D eigenvalue weighted by Gasteiger charge is -2.27. The van der Waals surface area contributed by atoms with Gasteiger partial charge in [0.1, 0.15) is 12.0 Å². The van der Waals surface area contributed by atoms with Crippen LogP contribution in [0.2, 0.25) is 0 Å². The number of nitrogens with one attached hydrogen (secondary N) is 2. The van der Waals surface area contributed by atoms with Gasteiger partial charge in [0.15, 0.2) is 0 Å². The van der Waals surface area contributed by atoms with E-state index in [9.17, 15) is 9.50 Å². The normalized spacial score (nSPS) is 21.2. The standard InChI is InChI=1S/C19H26FN5O/c1-2-13(20)11-22-19-23-12-16(17-5-3-4-10-21-17)18(25-19)24-14-6-8-15(26)9-7-14/h3-5,10,12-15,26H,2,6-9,11H2,1H3,(H2,22,23,24,25)/t13-,14?,15?/m0/s1. The first-order chi connectivity index (χ1) is 12.7. The van der Waals surface area contributed by atoms with Gasteiger partial charge in [0.2, 0.25) is 5.95 Å². The van der Waals surface area contributed by atoms with E-state index in [1.165, 1.54) is 0 Å². The van der Waals surface area contributed by atoms with Gasteiger partial charge in [0.25, 0.3) is 0 Å². The van der Waals surface area contributed by atoms with E-state index in [0.717, 1.165) is 36.9 Å². The third kappa shape index (κ3) is 4.88. The Morgan fingerprint density at radius 2 is 2.04 bits per heavy atom. The minimum Gasteiger partial charge on any atom is -0.393 e. The summed E-state index contributed by atoms with van der Waals surface area (Å²) in [6.07, 6.45) is 6.12. The lowest BCUT2D eigenvalue weighted by molar-refractivity contribution is 0.126. The third-order valence-corrected chi connectivity index (χ3v) is 4.69. The van der Waals surface area contributed by atoms with E-state index in [1.54, 1.807) is 12.4 Å². The van der Waals surface area contributed by atoms with Crippen LogP contribution in [-0.2, 0) is 0 Å². The van der Waals surface area contributed by atoms with Crippen LogP contribution < -0.4 is 10.6 Å². The molecule has 2 aromatic heterocycles. The lowest BCUT2D eigenvalue weighted by atomic mass is 9.93. The predicted octanol–water partition coefficient (Wildman–Crippen LogP) is 3.41. The Bertz CT molecular complexity index is 692. The van der Waals surface area contributed by atoms with Crippen molar-refractivity contribution in [3.8, 4) is 11.3 Å². The average Bonchev–Trinajstić information content (AvgIpc) is 2.68. The van der Waals surface area contributed by atoms with Crippen molar-refractivity contribution in [1.29, 1.82) is 0 Å². The van der Waals surface area contributed by atoms with Crippen molar-refractivity contribution in [3.63, 3.8) is 0 Å². The monoisotopic (exact) mass is 359 g/mol. The third-order valence-electron chi connectivity index (χ3n) is 4.69. The molecule has 0 unspecified atom stereocenters. The number of aliphatic hydroxyl groups is 1. The fourth-order valence-corrected chi connectivity index (χ4v) is 3.05. The highest BCUT2D eigenvalue weighted by Crippen LogP contribution is 2.28. The maximum atomic E-state index is 13.5. The number of aromatic nitrogens is 3. The van der Waals surface area contributed by atoms with Crippen molar-refractivity contribution in [2.24, 2.45) is 0 Å². The molecule has 1 saturated carbocycles. The molecular weight excluding hydrogens is 333 g/mol. The molecule has 1 aliphatic carbocycles. The van der Waals surface area contributed by atoms with Crippen molar-refractivity contribution in [3.05, 3.63) is 30.6 Å². The highest BCUT2D eigenvalue weighted by molar-refractivity contribution is 5.72. The lowest BCUT2D eigenvalue weighted by Crippen LogP contribution is -2.29. The van der Waals surface area contributed by atoms with Crippen LogP contribution in [0, 0.1) is 0 Å². The molecule has 3 rings (SSSR count). The summed E-state index contributed by atoms with van der Waals surface area (Å²) in [4.78, 5) is 13.3. The van der Waals surface area contributed by atoms with Crippen molar-refractivity contribution in [2.75, 3.05) is 17.2 Å². The maximum Gasteiger partial charge on any atom is 0.224 e. The molecular formula is C19H26FN5O. The molecule has 3 N–H and O–H groups in total. The van der Waals surface area contributed by atoms with E-state index in [0.29, 0.717) is 18.2 Å². The topological polar surface area (TPSA) is 83.0 Å². The van der Waals surface area contributed by atoms with Crippen LogP contribution in [0.3, 0.4) is 0 Å². The largest absolute Gasteiger partial charge is 0.393 e. The molecule has 0 bridgehead atoms. The minimum absolute atomic E-state index is 0.189. The Balaban J connectivity index is 1.81. The van der Waals surface area contributed by atoms with Crippen LogP contribution in [0.1, 0.15) is 39.0 Å². The van der Waals surface area contributed by atoms with Gasteiger partial charge in [-0.25, -0.2) is 9.37 Å². The SMILES string of the molecule is CC[C@H](F)CNc1ncc(-c2ccccn2)c(NC2CCC(O)CC2)n1. The van der Waals surface area contributed by atoms with Gasteiger partial charge in [-0.1, -0.05) is 13.0 Å². The van der Waals surface area contributed by atoms with Gasteiger partial charge >= 0.3 is 0 Å². The second kappa shape index (κ2) is 8.89. The Morgan fingerprint density at radius 1 is 1.23 bits per heavy atom. The molecule has 0 aliphatic heterocycles. The zero-order valence-electron chi connectivity index (χ0n) is 15.0. The molecule has 1 fully saturated rings. The van der Waals surface area contributed by atoms with Crippen LogP contribution in [0.5, 0.6) is 0 Å². The van der Waals surface area contributed by atoms with Crippen molar-refractivity contribution < 1.29 is 9.50 Å². The number of pyridine rings is 1. The van der Waals surface area contributed by atoms with Gasteiger partial charge in [-0.3, -0.25) is 4.98 Å². The van der Waals surface area contributed by atoms with E-state index in [-0.39, 0.29) is 18.7 Å². The number of hydrogen-bond acceptors (Lipinski definition) is 6. The van der Waals surface area contributed by atoms with Gasteiger partial charge in [-0.05, 0) is 44.2 Å². The first-order valence-corrected chi connectivity index (χ1v) is 9.26. The molecule has 0 saturated heterocycles. The van der Waals surface area contributed by atoms with E-state index in [1.807, 2.05) is 25.1 Å². The van der Waals surface area contributed by atoms with E-state index >= 15 is 0 Å². The summed E-state index contributed by atoms with van der Waals surface area (Å²) in [5.74, 6) is 1.09. The molecule has 2 aromatic rings. The highest BCUT2D eigenvalue weighted by Gasteiger charge is 2.21. The molecule has 0 radical (unpaired) electrons. The molecule has 6 nitrogen and oxygen atoms in total. The molecule has 2 heterocycles. The van der Waals surface area contributed by atoms with Crippen LogP contribution in [0.15, 0.2) is 30.6 Å². The summed E-state index contributed by atoms with van der Waals surface area (Å²) in [7, 11) is 0. The van der Waals surface area contributed by atoms with E-state index in [4.69, 9.17) is 0 Å². The predicted molar refractivity (Wildman–Crippen MR) is 101 cm³/mol. The van der Waals surface area contributed by atoms with Gasteiger partial charge in [0, 0.05) is 25.0 Å². The Morgan fingerprint density at radius 3 is 2.73 bits per heavy atom. The first kappa shape index (κ1) is 18.5. The molecule has 26 heavy (non-hydrogen) atoms. The van der Waals surface area contributed by atoms with Gasteiger partial charge < -0.3 is 15.7 Å². The zero-order chi connectivity index (χ0) is 18.4. The Hall–Kier alpha value is -2.28. The molecule has 0 amide bonds. The van der Waals surface area contributed by atoms with Crippen LogP contribution >= 0.6 is 0 Å².